The van der Waals surface area contributed by atoms with Crippen molar-refractivity contribution in [2.24, 2.45) is 17.1 Å². The molecule has 3 rings (SSSR count). The van der Waals surface area contributed by atoms with Crippen molar-refractivity contribution in [3.63, 3.8) is 0 Å². The summed E-state index contributed by atoms with van der Waals surface area (Å²) in [5.41, 5.74) is 7.00. The first-order valence-corrected chi connectivity index (χ1v) is 9.77. The van der Waals surface area contributed by atoms with Gasteiger partial charge in [-0.05, 0) is 42.7 Å². The second-order valence-electron chi connectivity index (χ2n) is 8.74. The SMILES string of the molecule is CC1CCN(c2ccc(C(=O)N3CCC(N)C(C)(C)C3)cc2[N+](=O)[O-])CC1.Cl. The molecule has 156 valence electrons. The lowest BCUT2D eigenvalue weighted by Gasteiger charge is -2.42. The Morgan fingerprint density at radius 1 is 1.21 bits per heavy atom. The number of carbonyl (C=O) groups is 1. The minimum atomic E-state index is -0.375. The van der Waals surface area contributed by atoms with Gasteiger partial charge in [-0.2, -0.15) is 0 Å². The van der Waals surface area contributed by atoms with Crippen LogP contribution in [0.1, 0.15) is 50.4 Å². The number of piperidine rings is 2. The van der Waals surface area contributed by atoms with Gasteiger partial charge in [-0.3, -0.25) is 14.9 Å². The topological polar surface area (TPSA) is 92.7 Å². The number of anilines is 1. The van der Waals surface area contributed by atoms with Crippen LogP contribution < -0.4 is 10.6 Å². The van der Waals surface area contributed by atoms with E-state index in [1.54, 1.807) is 17.0 Å². The lowest BCUT2D eigenvalue weighted by atomic mass is 9.79. The highest BCUT2D eigenvalue weighted by molar-refractivity contribution is 5.96. The van der Waals surface area contributed by atoms with E-state index in [1.807, 2.05) is 0 Å². The highest BCUT2D eigenvalue weighted by Crippen LogP contribution is 2.34. The summed E-state index contributed by atoms with van der Waals surface area (Å²) in [4.78, 5) is 28.1. The minimum Gasteiger partial charge on any atom is -0.366 e. The summed E-state index contributed by atoms with van der Waals surface area (Å²) in [6, 6.07) is 4.96. The lowest BCUT2D eigenvalue weighted by Crippen LogP contribution is -2.54. The average Bonchev–Trinajstić information content (AvgIpc) is 2.63. The van der Waals surface area contributed by atoms with Gasteiger partial charge in [0.2, 0.25) is 0 Å². The normalized spacial score (nSPS) is 22.5. The maximum Gasteiger partial charge on any atom is 0.293 e. The second-order valence-corrected chi connectivity index (χ2v) is 8.74. The first kappa shape index (κ1) is 22.4. The highest BCUT2D eigenvalue weighted by Gasteiger charge is 2.36. The fraction of sp³-hybridized carbons (Fsp3) is 0.650. The van der Waals surface area contributed by atoms with Crippen molar-refractivity contribution in [1.82, 2.24) is 4.90 Å². The monoisotopic (exact) mass is 410 g/mol. The summed E-state index contributed by atoms with van der Waals surface area (Å²) in [7, 11) is 0. The van der Waals surface area contributed by atoms with Crippen molar-refractivity contribution < 1.29 is 9.72 Å². The summed E-state index contributed by atoms with van der Waals surface area (Å²) >= 11 is 0. The summed E-state index contributed by atoms with van der Waals surface area (Å²) < 4.78 is 0. The van der Waals surface area contributed by atoms with Gasteiger partial charge in [-0.1, -0.05) is 20.8 Å². The third kappa shape index (κ3) is 4.58. The van der Waals surface area contributed by atoms with E-state index in [4.69, 9.17) is 5.73 Å². The fourth-order valence-corrected chi connectivity index (χ4v) is 4.05. The predicted octanol–water partition coefficient (Wildman–Crippen LogP) is 3.45. The van der Waals surface area contributed by atoms with Crippen LogP contribution in [0.4, 0.5) is 11.4 Å². The van der Waals surface area contributed by atoms with Gasteiger partial charge < -0.3 is 15.5 Å². The second kappa shape index (κ2) is 8.66. The lowest BCUT2D eigenvalue weighted by molar-refractivity contribution is -0.384. The van der Waals surface area contributed by atoms with Gasteiger partial charge in [-0.15, -0.1) is 12.4 Å². The maximum atomic E-state index is 12.9. The number of likely N-dealkylation sites (tertiary alicyclic amines) is 1. The van der Waals surface area contributed by atoms with Crippen molar-refractivity contribution in [3.05, 3.63) is 33.9 Å². The molecule has 2 heterocycles. The summed E-state index contributed by atoms with van der Waals surface area (Å²) in [6.07, 6.45) is 2.80. The highest BCUT2D eigenvalue weighted by atomic mass is 35.5. The Hall–Kier alpha value is -1.86. The van der Waals surface area contributed by atoms with Gasteiger partial charge in [-0.25, -0.2) is 0 Å². The Kier molecular flexibility index (Phi) is 6.93. The molecule has 2 N–H and O–H groups in total. The number of amides is 1. The number of nitro groups is 1. The number of carbonyl (C=O) groups excluding carboxylic acids is 1. The van der Waals surface area contributed by atoms with Gasteiger partial charge in [0.25, 0.3) is 11.6 Å². The molecule has 0 aromatic heterocycles. The largest absolute Gasteiger partial charge is 0.366 e. The van der Waals surface area contributed by atoms with Crippen molar-refractivity contribution >= 4 is 29.7 Å². The van der Waals surface area contributed by atoms with E-state index in [0.717, 1.165) is 32.4 Å². The van der Waals surface area contributed by atoms with E-state index >= 15 is 0 Å². The van der Waals surface area contributed by atoms with Crippen LogP contribution >= 0.6 is 12.4 Å². The molecule has 0 aliphatic carbocycles. The van der Waals surface area contributed by atoms with Gasteiger partial charge in [0, 0.05) is 43.9 Å². The molecule has 2 saturated heterocycles. The Morgan fingerprint density at radius 2 is 1.86 bits per heavy atom. The smallest absolute Gasteiger partial charge is 0.293 e. The number of nitrogens with two attached hydrogens (primary N) is 1. The molecule has 2 fully saturated rings. The number of rotatable bonds is 3. The Morgan fingerprint density at radius 3 is 2.43 bits per heavy atom. The number of nitrogens with zero attached hydrogens (tertiary/aromatic N) is 3. The van der Waals surface area contributed by atoms with Gasteiger partial charge in [0.05, 0.1) is 4.92 Å². The van der Waals surface area contributed by atoms with Crippen molar-refractivity contribution in [2.45, 2.75) is 46.1 Å². The van der Waals surface area contributed by atoms with Crippen LogP contribution in [0, 0.1) is 21.4 Å². The first-order chi connectivity index (χ1) is 12.7. The van der Waals surface area contributed by atoms with Crippen LogP contribution in [0.25, 0.3) is 0 Å². The molecule has 1 amide bonds. The zero-order valence-corrected chi connectivity index (χ0v) is 17.7. The third-order valence-electron chi connectivity index (χ3n) is 6.14. The van der Waals surface area contributed by atoms with E-state index in [-0.39, 0.29) is 40.4 Å². The Labute approximate surface area is 172 Å². The molecule has 28 heavy (non-hydrogen) atoms. The summed E-state index contributed by atoms with van der Waals surface area (Å²) in [6.45, 7) is 9.09. The minimum absolute atomic E-state index is 0. The van der Waals surface area contributed by atoms with Crippen LogP contribution in [0.15, 0.2) is 18.2 Å². The Balaban J connectivity index is 0.00000280. The number of hydrogen-bond donors (Lipinski definition) is 1. The average molecular weight is 411 g/mol. The Bertz CT molecular complexity index is 732. The van der Waals surface area contributed by atoms with Gasteiger partial charge in [0.1, 0.15) is 5.69 Å². The van der Waals surface area contributed by atoms with Crippen LogP contribution in [-0.2, 0) is 0 Å². The van der Waals surface area contributed by atoms with E-state index < -0.39 is 0 Å². The molecule has 0 saturated carbocycles. The molecule has 1 atom stereocenters. The predicted molar refractivity (Wildman–Crippen MR) is 113 cm³/mol. The molecule has 7 nitrogen and oxygen atoms in total. The van der Waals surface area contributed by atoms with Gasteiger partial charge >= 0.3 is 0 Å². The van der Waals surface area contributed by atoms with E-state index in [0.29, 0.717) is 30.3 Å². The molecule has 0 spiro atoms. The standard InChI is InChI=1S/C20H30N4O3.ClH/c1-14-6-9-22(10-7-14)16-5-4-15(12-17(16)24(26)27)19(25)23-11-8-18(21)20(2,3)13-23;/h4-5,12,14,18H,6-11,13,21H2,1-3H3;1H. The summed E-state index contributed by atoms with van der Waals surface area (Å²) in [5, 5.41) is 11.7. The number of halogens is 1. The molecule has 1 unspecified atom stereocenters. The molecule has 2 aliphatic heterocycles. The van der Waals surface area contributed by atoms with Crippen LogP contribution in [0.3, 0.4) is 0 Å². The molecule has 2 aliphatic rings. The first-order valence-electron chi connectivity index (χ1n) is 9.77. The molecular formula is C20H31ClN4O3. The quantitative estimate of drug-likeness (QED) is 0.608. The van der Waals surface area contributed by atoms with Gasteiger partial charge in [0.15, 0.2) is 0 Å². The maximum absolute atomic E-state index is 12.9. The number of hydrogen-bond acceptors (Lipinski definition) is 5. The van der Waals surface area contributed by atoms with E-state index in [2.05, 4.69) is 25.7 Å². The van der Waals surface area contributed by atoms with Crippen LogP contribution in [0.2, 0.25) is 0 Å². The molecule has 8 heteroatoms. The van der Waals surface area contributed by atoms with Crippen molar-refractivity contribution in [3.8, 4) is 0 Å². The van der Waals surface area contributed by atoms with Crippen LogP contribution in [0.5, 0.6) is 0 Å². The molecule has 1 aromatic carbocycles. The number of benzene rings is 1. The molecular weight excluding hydrogens is 380 g/mol. The van der Waals surface area contributed by atoms with E-state index in [9.17, 15) is 14.9 Å². The van der Waals surface area contributed by atoms with E-state index in [1.165, 1.54) is 6.07 Å². The molecule has 1 aromatic rings. The fourth-order valence-electron chi connectivity index (χ4n) is 4.05. The molecule has 0 bridgehead atoms. The zero-order chi connectivity index (χ0) is 19.8. The van der Waals surface area contributed by atoms with Crippen molar-refractivity contribution in [2.75, 3.05) is 31.1 Å². The molecule has 0 radical (unpaired) electrons. The van der Waals surface area contributed by atoms with Crippen LogP contribution in [-0.4, -0.2) is 48.0 Å². The summed E-state index contributed by atoms with van der Waals surface area (Å²) in [5.74, 6) is 0.492. The number of nitro benzene ring substituents is 1. The van der Waals surface area contributed by atoms with Crippen molar-refractivity contribution in [1.29, 1.82) is 0 Å². The zero-order valence-electron chi connectivity index (χ0n) is 16.9. The third-order valence-corrected chi connectivity index (χ3v) is 6.14.